The fraction of sp³-hybridized carbons (Fsp3) is 0.136. The van der Waals surface area contributed by atoms with Crippen LogP contribution >= 0.6 is 0 Å². The molecule has 0 saturated carbocycles. The molecule has 1 unspecified atom stereocenters. The van der Waals surface area contributed by atoms with Gasteiger partial charge in [-0.3, -0.25) is 4.98 Å². The van der Waals surface area contributed by atoms with E-state index in [9.17, 15) is 0 Å². The van der Waals surface area contributed by atoms with Crippen LogP contribution in [0.25, 0.3) is 11.3 Å². The molecule has 4 nitrogen and oxygen atoms in total. The molecule has 49 heavy (non-hydrogen) atoms. The minimum Gasteiger partial charge on any atom is -0.513 e. The van der Waals surface area contributed by atoms with Crippen molar-refractivity contribution >= 4 is 17.1 Å². The predicted molar refractivity (Wildman–Crippen MR) is 191 cm³/mol. The molecule has 5 heteroatoms. The van der Waals surface area contributed by atoms with Gasteiger partial charge < -0.3 is 14.6 Å². The molecular weight excluding hydrogens is 782 g/mol. The van der Waals surface area contributed by atoms with E-state index in [1.54, 1.807) is 0 Å². The number of pyridine rings is 2. The van der Waals surface area contributed by atoms with Crippen LogP contribution in [0.5, 0.6) is 11.5 Å². The Morgan fingerprint density at radius 1 is 0.653 bits per heavy atom. The molecule has 9 rings (SSSR count). The Morgan fingerprint density at radius 3 is 2.18 bits per heavy atom. The molecule has 0 N–H and O–H groups in total. The predicted octanol–water partition coefficient (Wildman–Crippen LogP) is 10.6. The van der Waals surface area contributed by atoms with Gasteiger partial charge >= 0.3 is 21.1 Å². The largest absolute Gasteiger partial charge is 2.00 e. The Hall–Kier alpha value is -5.05. The molecule has 4 aromatic carbocycles. The second-order valence-corrected chi connectivity index (χ2v) is 13.1. The van der Waals surface area contributed by atoms with Crippen LogP contribution in [0, 0.1) is 12.1 Å². The average molecular weight is 815 g/mol. The number of allylic oxidation sites excluding steroid dienone is 4. The molecule has 2 aromatic heterocycles. The SMILES string of the molecule is CC1(C)C2=CCCC=C2C(c2[c-]c3c(cc2)Oc2ccccc2N3c2[c-]c(-c3ccccn3)ccc2)(c2ccccn2)c2ccccc21.[Pt+2]. The molecule has 0 radical (unpaired) electrons. The molecule has 3 aliphatic rings. The van der Waals surface area contributed by atoms with Gasteiger partial charge in [-0.1, -0.05) is 80.6 Å². The normalized spacial score (nSPS) is 18.3. The van der Waals surface area contributed by atoms with E-state index in [0.717, 1.165) is 63.9 Å². The first-order valence-corrected chi connectivity index (χ1v) is 16.6. The van der Waals surface area contributed by atoms with E-state index >= 15 is 0 Å². The van der Waals surface area contributed by atoms with E-state index < -0.39 is 5.41 Å². The van der Waals surface area contributed by atoms with Gasteiger partial charge in [-0.15, -0.1) is 47.5 Å². The third-order valence-electron chi connectivity index (χ3n) is 10.1. The number of aromatic nitrogens is 2. The molecule has 0 spiro atoms. The molecule has 0 saturated heterocycles. The number of para-hydroxylation sites is 2. The van der Waals surface area contributed by atoms with Crippen LogP contribution in [0.2, 0.25) is 0 Å². The standard InChI is InChI=1S/C44H33N3O.Pt/c1-43(2)33-16-3-5-18-35(33)44(42-23-10-12-27-46-42,36-19-6-4-17-34(36)43)31-24-25-41-39(29-31)47(38-21-7-8-22-40(38)48-41)32-15-13-14-30(28-32)37-20-9-11-26-45-37;/h3,5,7-27H,4,6H2,1-2H3;/q-2;+2. The number of ether oxygens (including phenoxy) is 1. The molecule has 0 amide bonds. The van der Waals surface area contributed by atoms with Crippen molar-refractivity contribution in [3.63, 3.8) is 0 Å². The summed E-state index contributed by atoms with van der Waals surface area (Å²) in [4.78, 5) is 11.9. The number of nitrogens with zero attached hydrogens (tertiary/aromatic N) is 3. The smallest absolute Gasteiger partial charge is 0.513 e. The second-order valence-electron chi connectivity index (χ2n) is 13.1. The maximum absolute atomic E-state index is 6.59. The molecule has 3 heterocycles. The molecule has 0 fully saturated rings. The van der Waals surface area contributed by atoms with E-state index in [0.29, 0.717) is 0 Å². The summed E-state index contributed by atoms with van der Waals surface area (Å²) >= 11 is 0. The van der Waals surface area contributed by atoms with Crippen LogP contribution < -0.4 is 9.64 Å². The summed E-state index contributed by atoms with van der Waals surface area (Å²) in [7, 11) is 0. The van der Waals surface area contributed by atoms with Gasteiger partial charge in [0.05, 0.1) is 16.8 Å². The minimum absolute atomic E-state index is 0. The van der Waals surface area contributed by atoms with E-state index in [2.05, 4.69) is 121 Å². The van der Waals surface area contributed by atoms with E-state index in [-0.39, 0.29) is 26.5 Å². The Bertz CT molecular complexity index is 2260. The van der Waals surface area contributed by atoms with E-state index in [1.165, 1.54) is 22.3 Å². The quantitative estimate of drug-likeness (QED) is 0.166. The second kappa shape index (κ2) is 12.1. The van der Waals surface area contributed by atoms with Crippen LogP contribution in [0.1, 0.15) is 49.1 Å². The third kappa shape index (κ3) is 4.76. The maximum atomic E-state index is 6.59. The third-order valence-corrected chi connectivity index (χ3v) is 10.1. The summed E-state index contributed by atoms with van der Waals surface area (Å²) in [6.45, 7) is 4.71. The zero-order valence-corrected chi connectivity index (χ0v) is 29.5. The Balaban J connectivity index is 0.00000348. The number of anilines is 3. The first-order chi connectivity index (χ1) is 23.6. The summed E-state index contributed by atoms with van der Waals surface area (Å²) in [6, 6.07) is 47.5. The maximum Gasteiger partial charge on any atom is 2.00 e. The minimum atomic E-state index is -0.684. The summed E-state index contributed by atoms with van der Waals surface area (Å²) in [5, 5.41) is 0. The first kappa shape index (κ1) is 31.2. The van der Waals surface area contributed by atoms with Gasteiger partial charge in [-0.2, -0.15) is 6.07 Å². The van der Waals surface area contributed by atoms with Crippen molar-refractivity contribution in [2.75, 3.05) is 4.90 Å². The van der Waals surface area contributed by atoms with Gasteiger partial charge in [0, 0.05) is 23.6 Å². The van der Waals surface area contributed by atoms with Gasteiger partial charge in [0.15, 0.2) is 0 Å². The summed E-state index contributed by atoms with van der Waals surface area (Å²) in [6.07, 6.45) is 10.6. The zero-order chi connectivity index (χ0) is 32.3. The van der Waals surface area contributed by atoms with Crippen molar-refractivity contribution in [2.45, 2.75) is 37.5 Å². The van der Waals surface area contributed by atoms with Gasteiger partial charge in [0.25, 0.3) is 0 Å². The molecule has 1 aliphatic heterocycles. The molecule has 6 aromatic rings. The first-order valence-electron chi connectivity index (χ1n) is 16.6. The fourth-order valence-electron chi connectivity index (χ4n) is 7.97. The topological polar surface area (TPSA) is 38.2 Å². The Labute approximate surface area is 302 Å². The van der Waals surface area contributed by atoms with Crippen LogP contribution in [-0.4, -0.2) is 9.97 Å². The van der Waals surface area contributed by atoms with Crippen molar-refractivity contribution in [1.82, 2.24) is 9.97 Å². The molecular formula is C44H33N3OPt. The Kier molecular flexibility index (Phi) is 7.73. The number of fused-ring (bicyclic) bond motifs is 4. The van der Waals surface area contributed by atoms with Gasteiger partial charge in [-0.05, 0) is 82.5 Å². The van der Waals surface area contributed by atoms with Crippen molar-refractivity contribution in [1.29, 1.82) is 0 Å². The summed E-state index contributed by atoms with van der Waals surface area (Å²) in [5.41, 5.74) is 10.8. The van der Waals surface area contributed by atoms with Gasteiger partial charge in [0.2, 0.25) is 0 Å². The number of benzene rings is 4. The number of hydrogen-bond acceptors (Lipinski definition) is 4. The van der Waals surface area contributed by atoms with Crippen LogP contribution in [-0.2, 0) is 31.9 Å². The van der Waals surface area contributed by atoms with Crippen molar-refractivity contribution in [2.24, 2.45) is 0 Å². The summed E-state index contributed by atoms with van der Waals surface area (Å²) < 4.78 is 6.59. The molecule has 1 atom stereocenters. The number of hydrogen-bond donors (Lipinski definition) is 0. The van der Waals surface area contributed by atoms with Gasteiger partial charge in [-0.25, -0.2) is 0 Å². The van der Waals surface area contributed by atoms with Crippen LogP contribution in [0.4, 0.5) is 17.1 Å². The van der Waals surface area contributed by atoms with E-state index in [1.807, 2.05) is 54.9 Å². The monoisotopic (exact) mass is 814 g/mol. The fourth-order valence-corrected chi connectivity index (χ4v) is 7.97. The zero-order valence-electron chi connectivity index (χ0n) is 27.3. The average Bonchev–Trinajstić information content (AvgIpc) is 3.15. The van der Waals surface area contributed by atoms with Gasteiger partial charge in [0.1, 0.15) is 5.75 Å². The molecule has 240 valence electrons. The van der Waals surface area contributed by atoms with E-state index in [4.69, 9.17) is 9.72 Å². The Morgan fingerprint density at radius 2 is 1.39 bits per heavy atom. The van der Waals surface area contributed by atoms with Crippen LogP contribution in [0.15, 0.2) is 151 Å². The number of rotatable bonds is 4. The molecule has 2 aliphatic carbocycles. The van der Waals surface area contributed by atoms with Crippen molar-refractivity contribution in [3.8, 4) is 22.8 Å². The van der Waals surface area contributed by atoms with Crippen LogP contribution in [0.3, 0.4) is 0 Å². The summed E-state index contributed by atoms with van der Waals surface area (Å²) in [5.74, 6) is 1.52. The molecule has 0 bridgehead atoms. The van der Waals surface area contributed by atoms with Crippen molar-refractivity contribution < 1.29 is 25.8 Å². The van der Waals surface area contributed by atoms with Crippen molar-refractivity contribution in [3.05, 3.63) is 185 Å².